The number of hydrogen-bond donors (Lipinski definition) is 3. The lowest BCUT2D eigenvalue weighted by Crippen LogP contribution is -2.50. The van der Waals surface area contributed by atoms with Gasteiger partial charge in [-0.1, -0.05) is 84.9 Å². The van der Waals surface area contributed by atoms with Gasteiger partial charge in [-0.15, -0.1) is 0 Å². The molecular weight excluding hydrogens is 516 g/mol. The molecule has 3 aromatic carbocycles. The Labute approximate surface area is 243 Å². The molecule has 0 aliphatic rings. The first-order chi connectivity index (χ1) is 19.2. The number of hydrogen-bond acceptors (Lipinski definition) is 6. The molecule has 0 aromatic heterocycles. The van der Waals surface area contributed by atoms with Crippen LogP contribution in [-0.2, 0) is 31.1 Å². The number of nitrogens with two attached hydrogens (primary N) is 2. The standard InChI is InChI=1S/C33H42N4O4/c1-31(2,3)40-28(38)33(37-30(34)35,29(39)41-32(4,5)6)26-19-13-14-23(20-26)21-36-22-27(24-15-9-7-10-16-24)25-17-11-8-12-18-25/h7-20,27,36H,21-22H2,1-6H3,(H4,34,35,37). The van der Waals surface area contributed by atoms with Crippen LogP contribution in [0, 0.1) is 0 Å². The van der Waals surface area contributed by atoms with Gasteiger partial charge in [-0.05, 0) is 58.2 Å². The van der Waals surface area contributed by atoms with Crippen molar-refractivity contribution < 1.29 is 19.1 Å². The van der Waals surface area contributed by atoms with Gasteiger partial charge in [0, 0.05) is 24.6 Å². The van der Waals surface area contributed by atoms with Crippen LogP contribution in [0.5, 0.6) is 0 Å². The molecule has 41 heavy (non-hydrogen) atoms. The summed E-state index contributed by atoms with van der Waals surface area (Å²) in [5.41, 5.74) is 11.0. The molecule has 0 aliphatic heterocycles. The van der Waals surface area contributed by atoms with Gasteiger partial charge >= 0.3 is 11.9 Å². The van der Waals surface area contributed by atoms with Crippen molar-refractivity contribution in [1.29, 1.82) is 0 Å². The fraction of sp³-hybridized carbons (Fsp3) is 0.364. The summed E-state index contributed by atoms with van der Waals surface area (Å²) in [6.07, 6.45) is 0. The van der Waals surface area contributed by atoms with Crippen LogP contribution < -0.4 is 16.8 Å². The average molecular weight is 559 g/mol. The van der Waals surface area contributed by atoms with E-state index in [1.165, 1.54) is 11.1 Å². The van der Waals surface area contributed by atoms with E-state index in [0.717, 1.165) is 5.56 Å². The van der Waals surface area contributed by atoms with E-state index >= 15 is 0 Å². The van der Waals surface area contributed by atoms with Gasteiger partial charge < -0.3 is 26.3 Å². The van der Waals surface area contributed by atoms with Crippen molar-refractivity contribution >= 4 is 17.9 Å². The topological polar surface area (TPSA) is 129 Å². The Balaban J connectivity index is 1.97. The second-order valence-electron chi connectivity index (χ2n) is 12.0. The Morgan fingerprint density at radius 3 is 1.68 bits per heavy atom. The minimum atomic E-state index is -2.24. The van der Waals surface area contributed by atoms with Crippen LogP contribution in [0.4, 0.5) is 0 Å². The van der Waals surface area contributed by atoms with Crippen molar-refractivity contribution in [3.05, 3.63) is 107 Å². The number of guanidine groups is 1. The highest BCUT2D eigenvalue weighted by atomic mass is 16.6. The zero-order valence-corrected chi connectivity index (χ0v) is 24.8. The molecular formula is C33H42N4O4. The first kappa shape index (κ1) is 31.4. The van der Waals surface area contributed by atoms with Crippen molar-refractivity contribution in [2.24, 2.45) is 16.5 Å². The van der Waals surface area contributed by atoms with Crippen LogP contribution in [0.1, 0.15) is 69.7 Å². The molecule has 0 heterocycles. The maximum absolute atomic E-state index is 13.7. The SMILES string of the molecule is CC(C)(C)OC(=O)C(N=C(N)N)(C(=O)OC(C)(C)C)c1cccc(CNCC(c2ccccc2)c2ccccc2)c1. The molecule has 0 aliphatic carbocycles. The van der Waals surface area contributed by atoms with Crippen molar-refractivity contribution in [3.8, 4) is 0 Å². The first-order valence-corrected chi connectivity index (χ1v) is 13.7. The summed E-state index contributed by atoms with van der Waals surface area (Å²) in [6.45, 7) is 11.4. The molecule has 0 radical (unpaired) electrons. The van der Waals surface area contributed by atoms with E-state index in [-0.39, 0.29) is 11.5 Å². The van der Waals surface area contributed by atoms with Gasteiger partial charge in [0.15, 0.2) is 5.96 Å². The summed E-state index contributed by atoms with van der Waals surface area (Å²) in [5.74, 6) is -2.17. The summed E-state index contributed by atoms with van der Waals surface area (Å²) in [5, 5.41) is 3.54. The number of carbonyl (C=O) groups excluding carboxylic acids is 2. The predicted octanol–water partition coefficient (Wildman–Crippen LogP) is 4.76. The molecule has 0 spiro atoms. The Morgan fingerprint density at radius 2 is 1.24 bits per heavy atom. The van der Waals surface area contributed by atoms with Gasteiger partial charge in [-0.25, -0.2) is 14.6 Å². The number of esters is 2. The molecule has 0 fully saturated rings. The fourth-order valence-corrected chi connectivity index (χ4v) is 4.44. The maximum atomic E-state index is 13.7. The third-order valence-electron chi connectivity index (χ3n) is 6.11. The lowest BCUT2D eigenvalue weighted by atomic mass is 9.88. The highest BCUT2D eigenvalue weighted by Gasteiger charge is 2.53. The van der Waals surface area contributed by atoms with Gasteiger partial charge in [0.05, 0.1) is 0 Å². The Morgan fingerprint density at radius 1 is 0.756 bits per heavy atom. The van der Waals surface area contributed by atoms with Gasteiger partial charge in [-0.2, -0.15) is 0 Å². The lowest BCUT2D eigenvalue weighted by molar-refractivity contribution is -0.177. The number of benzene rings is 3. The molecule has 0 atom stereocenters. The average Bonchev–Trinajstić information content (AvgIpc) is 2.88. The van der Waals surface area contributed by atoms with Crippen molar-refractivity contribution in [2.45, 2.75) is 70.7 Å². The number of nitrogens with zero attached hydrogens (tertiary/aromatic N) is 1. The van der Waals surface area contributed by atoms with E-state index < -0.39 is 34.6 Å². The molecule has 8 heteroatoms. The smallest absolute Gasteiger partial charge is 0.351 e. The Bertz CT molecular complexity index is 1270. The van der Waals surface area contributed by atoms with Gasteiger partial charge in [0.2, 0.25) is 0 Å². The second-order valence-corrected chi connectivity index (χ2v) is 12.0. The summed E-state index contributed by atoms with van der Waals surface area (Å²) in [7, 11) is 0. The van der Waals surface area contributed by atoms with Gasteiger partial charge in [0.25, 0.3) is 5.54 Å². The molecule has 0 bridgehead atoms. The number of rotatable bonds is 10. The van der Waals surface area contributed by atoms with E-state index in [2.05, 4.69) is 34.6 Å². The van der Waals surface area contributed by atoms with E-state index in [9.17, 15) is 9.59 Å². The van der Waals surface area contributed by atoms with E-state index in [4.69, 9.17) is 20.9 Å². The van der Waals surface area contributed by atoms with Crippen LogP contribution in [0.3, 0.4) is 0 Å². The molecule has 0 amide bonds. The van der Waals surface area contributed by atoms with Crippen LogP contribution >= 0.6 is 0 Å². The third kappa shape index (κ3) is 8.66. The minimum absolute atomic E-state index is 0.129. The van der Waals surface area contributed by atoms with Gasteiger partial charge in [-0.3, -0.25) is 0 Å². The molecule has 0 saturated heterocycles. The third-order valence-corrected chi connectivity index (χ3v) is 6.11. The molecule has 3 aromatic rings. The van der Waals surface area contributed by atoms with E-state index in [0.29, 0.717) is 13.1 Å². The highest BCUT2D eigenvalue weighted by molar-refractivity contribution is 6.08. The highest BCUT2D eigenvalue weighted by Crippen LogP contribution is 2.34. The van der Waals surface area contributed by atoms with Crippen molar-refractivity contribution in [3.63, 3.8) is 0 Å². The summed E-state index contributed by atoms with van der Waals surface area (Å²) in [6, 6.07) is 27.6. The number of carbonyl (C=O) groups is 2. The minimum Gasteiger partial charge on any atom is -0.457 e. The number of ether oxygens (including phenoxy) is 2. The monoisotopic (exact) mass is 558 g/mol. The number of nitrogens with one attached hydrogen (secondary N) is 1. The number of aliphatic imine (C=N–C) groups is 1. The zero-order valence-electron chi connectivity index (χ0n) is 24.8. The van der Waals surface area contributed by atoms with E-state index in [1.807, 2.05) is 42.5 Å². The molecule has 8 nitrogen and oxygen atoms in total. The molecule has 218 valence electrons. The normalized spacial score (nSPS) is 12.1. The fourth-order valence-electron chi connectivity index (χ4n) is 4.44. The largest absolute Gasteiger partial charge is 0.457 e. The van der Waals surface area contributed by atoms with Crippen LogP contribution in [0.2, 0.25) is 0 Å². The quantitative estimate of drug-likeness (QED) is 0.142. The maximum Gasteiger partial charge on any atom is 0.351 e. The summed E-state index contributed by atoms with van der Waals surface area (Å²) < 4.78 is 11.3. The lowest BCUT2D eigenvalue weighted by Gasteiger charge is -2.32. The van der Waals surface area contributed by atoms with Crippen LogP contribution in [0.15, 0.2) is 89.9 Å². The summed E-state index contributed by atoms with van der Waals surface area (Å²) >= 11 is 0. The van der Waals surface area contributed by atoms with Crippen LogP contribution in [-0.4, -0.2) is 35.6 Å². The first-order valence-electron chi connectivity index (χ1n) is 13.7. The van der Waals surface area contributed by atoms with Gasteiger partial charge in [0.1, 0.15) is 11.2 Å². The second kappa shape index (κ2) is 13.0. The molecule has 0 unspecified atom stereocenters. The predicted molar refractivity (Wildman–Crippen MR) is 162 cm³/mol. The van der Waals surface area contributed by atoms with Crippen molar-refractivity contribution in [1.82, 2.24) is 5.32 Å². The molecule has 3 rings (SSSR count). The molecule has 0 saturated carbocycles. The summed E-state index contributed by atoms with van der Waals surface area (Å²) in [4.78, 5) is 31.6. The Kier molecular flexibility index (Phi) is 9.94. The Hall–Kier alpha value is -4.17. The zero-order chi connectivity index (χ0) is 30.3. The van der Waals surface area contributed by atoms with E-state index in [1.54, 1.807) is 59.7 Å². The van der Waals surface area contributed by atoms with Crippen LogP contribution in [0.25, 0.3) is 0 Å². The van der Waals surface area contributed by atoms with Crippen molar-refractivity contribution in [2.75, 3.05) is 6.54 Å². The molecule has 5 N–H and O–H groups in total.